The molecule has 3 rings (SSSR count). The molecule has 0 spiro atoms. The standard InChI is InChI=1S/C21H20BrN3O5S/c1-13-10-17(20(26)25-27)19(18(22)11-13)24-21(14-4-3-9-23-12-14)31(28,29)16-7-5-15(30-2)6-8-16/h3-12,21,24,27H,1-2H3,(H,25,26). The summed E-state index contributed by atoms with van der Waals surface area (Å²) >= 11 is 3.39. The van der Waals surface area contributed by atoms with Crippen LogP contribution in [0.2, 0.25) is 0 Å². The average Bonchev–Trinajstić information content (AvgIpc) is 2.78. The van der Waals surface area contributed by atoms with Gasteiger partial charge in [0.2, 0.25) is 9.84 Å². The molecule has 8 nitrogen and oxygen atoms in total. The van der Waals surface area contributed by atoms with Gasteiger partial charge in [-0.25, -0.2) is 13.9 Å². The Labute approximate surface area is 188 Å². The number of rotatable bonds is 7. The topological polar surface area (TPSA) is 118 Å². The van der Waals surface area contributed by atoms with Gasteiger partial charge in [0, 0.05) is 22.4 Å². The van der Waals surface area contributed by atoms with Crippen LogP contribution in [0, 0.1) is 6.92 Å². The molecule has 3 N–H and O–H groups in total. The van der Waals surface area contributed by atoms with Gasteiger partial charge in [-0.05, 0) is 70.9 Å². The van der Waals surface area contributed by atoms with E-state index in [0.717, 1.165) is 5.56 Å². The number of aryl methyl sites for hydroxylation is 1. The lowest BCUT2D eigenvalue weighted by molar-refractivity contribution is 0.0707. The van der Waals surface area contributed by atoms with Crippen LogP contribution in [0.25, 0.3) is 0 Å². The van der Waals surface area contributed by atoms with Crippen molar-refractivity contribution in [3.63, 3.8) is 0 Å². The average molecular weight is 506 g/mol. The van der Waals surface area contributed by atoms with Crippen molar-refractivity contribution in [2.24, 2.45) is 0 Å². The van der Waals surface area contributed by atoms with E-state index in [1.807, 2.05) is 0 Å². The van der Waals surface area contributed by atoms with Crippen molar-refractivity contribution >= 4 is 37.4 Å². The van der Waals surface area contributed by atoms with Crippen LogP contribution in [-0.4, -0.2) is 31.6 Å². The van der Waals surface area contributed by atoms with Crippen molar-refractivity contribution < 1.29 is 23.2 Å². The van der Waals surface area contributed by atoms with Crippen LogP contribution in [0.1, 0.15) is 26.9 Å². The second kappa shape index (κ2) is 9.46. The van der Waals surface area contributed by atoms with E-state index in [1.54, 1.807) is 48.8 Å². The van der Waals surface area contributed by atoms with Gasteiger partial charge in [-0.3, -0.25) is 15.0 Å². The lowest BCUT2D eigenvalue weighted by atomic mass is 10.1. The summed E-state index contributed by atoms with van der Waals surface area (Å²) < 4.78 is 32.7. The summed E-state index contributed by atoms with van der Waals surface area (Å²) in [5.41, 5.74) is 3.00. The van der Waals surface area contributed by atoms with Crippen molar-refractivity contribution in [2.75, 3.05) is 12.4 Å². The molecule has 1 unspecified atom stereocenters. The lowest BCUT2D eigenvalue weighted by Gasteiger charge is -2.23. The number of ether oxygens (including phenoxy) is 1. The molecule has 0 saturated carbocycles. The van der Waals surface area contributed by atoms with Crippen LogP contribution in [0.4, 0.5) is 5.69 Å². The molecule has 0 radical (unpaired) electrons. The van der Waals surface area contributed by atoms with Crippen LogP contribution in [0.15, 0.2) is 70.3 Å². The second-order valence-corrected chi connectivity index (χ2v) is 9.53. The van der Waals surface area contributed by atoms with Gasteiger partial charge in [0.25, 0.3) is 5.91 Å². The van der Waals surface area contributed by atoms with Crippen LogP contribution >= 0.6 is 15.9 Å². The zero-order valence-corrected chi connectivity index (χ0v) is 19.1. The third-order valence-corrected chi connectivity index (χ3v) is 7.11. The molecule has 10 heteroatoms. The minimum Gasteiger partial charge on any atom is -0.497 e. The highest BCUT2D eigenvalue weighted by molar-refractivity contribution is 9.10. The zero-order chi connectivity index (χ0) is 22.6. The number of methoxy groups -OCH3 is 1. The summed E-state index contributed by atoms with van der Waals surface area (Å²) in [6.45, 7) is 1.77. The first-order valence-corrected chi connectivity index (χ1v) is 11.4. The van der Waals surface area contributed by atoms with E-state index in [0.29, 0.717) is 15.8 Å². The fourth-order valence-electron chi connectivity index (χ4n) is 3.03. The Bertz CT molecular complexity index is 1190. The van der Waals surface area contributed by atoms with E-state index >= 15 is 0 Å². The van der Waals surface area contributed by atoms with E-state index in [9.17, 15) is 13.2 Å². The van der Waals surface area contributed by atoms with E-state index in [1.165, 1.54) is 31.6 Å². The number of amides is 1. The maximum atomic E-state index is 13.6. The third kappa shape index (κ3) is 4.87. The van der Waals surface area contributed by atoms with Gasteiger partial charge in [-0.2, -0.15) is 0 Å². The first-order chi connectivity index (χ1) is 14.8. The smallest absolute Gasteiger partial charge is 0.276 e. The summed E-state index contributed by atoms with van der Waals surface area (Å²) in [5, 5.41) is 10.8. The molecule has 0 bridgehead atoms. The number of halogens is 1. The molecular formula is C21H20BrN3O5S. The molecule has 31 heavy (non-hydrogen) atoms. The maximum absolute atomic E-state index is 13.6. The summed E-state index contributed by atoms with van der Waals surface area (Å²) in [5.74, 6) is -0.258. The Morgan fingerprint density at radius 2 is 1.90 bits per heavy atom. The number of hydroxylamine groups is 1. The molecular weight excluding hydrogens is 486 g/mol. The van der Waals surface area contributed by atoms with Crippen molar-refractivity contribution in [2.45, 2.75) is 17.2 Å². The second-order valence-electron chi connectivity index (χ2n) is 6.64. The van der Waals surface area contributed by atoms with Gasteiger partial charge in [0.1, 0.15) is 5.75 Å². The number of pyridine rings is 1. The molecule has 0 saturated heterocycles. The summed E-state index contributed by atoms with van der Waals surface area (Å²) in [4.78, 5) is 16.3. The number of anilines is 1. The number of hydrogen-bond donors (Lipinski definition) is 3. The quantitative estimate of drug-likeness (QED) is 0.329. The Morgan fingerprint density at radius 3 is 2.48 bits per heavy atom. The fraction of sp³-hybridized carbons (Fsp3) is 0.143. The van der Waals surface area contributed by atoms with Crippen LogP contribution in [0.5, 0.6) is 5.75 Å². The molecule has 0 aliphatic rings. The number of nitrogens with one attached hydrogen (secondary N) is 2. The number of aromatic nitrogens is 1. The molecule has 0 aliphatic heterocycles. The molecule has 1 atom stereocenters. The maximum Gasteiger partial charge on any atom is 0.276 e. The van der Waals surface area contributed by atoms with Gasteiger partial charge >= 0.3 is 0 Å². The van der Waals surface area contributed by atoms with Gasteiger partial charge in [-0.1, -0.05) is 6.07 Å². The fourth-order valence-corrected chi connectivity index (χ4v) is 5.28. The number of carbonyl (C=O) groups excluding carboxylic acids is 1. The summed E-state index contributed by atoms with van der Waals surface area (Å²) in [6.07, 6.45) is 2.97. The molecule has 2 aromatic carbocycles. The highest BCUT2D eigenvalue weighted by Gasteiger charge is 2.31. The molecule has 0 fully saturated rings. The molecule has 1 amide bonds. The Hall–Kier alpha value is -2.95. The first-order valence-electron chi connectivity index (χ1n) is 9.07. The third-order valence-electron chi connectivity index (χ3n) is 4.54. The van der Waals surface area contributed by atoms with Crippen LogP contribution in [-0.2, 0) is 9.84 Å². The van der Waals surface area contributed by atoms with E-state index in [4.69, 9.17) is 9.94 Å². The van der Waals surface area contributed by atoms with Gasteiger partial charge in [-0.15, -0.1) is 0 Å². The molecule has 1 heterocycles. The largest absolute Gasteiger partial charge is 0.497 e. The predicted octanol–water partition coefficient (Wildman–Crippen LogP) is 3.86. The van der Waals surface area contributed by atoms with E-state index in [2.05, 4.69) is 26.2 Å². The predicted molar refractivity (Wildman–Crippen MR) is 119 cm³/mol. The van der Waals surface area contributed by atoms with E-state index in [-0.39, 0.29) is 16.1 Å². The molecule has 0 aliphatic carbocycles. The SMILES string of the molecule is COc1ccc(S(=O)(=O)C(Nc2c(Br)cc(C)cc2C(=O)NO)c2cccnc2)cc1. The summed E-state index contributed by atoms with van der Waals surface area (Å²) in [7, 11) is -2.48. The molecule has 162 valence electrons. The van der Waals surface area contributed by atoms with E-state index < -0.39 is 21.1 Å². The minimum absolute atomic E-state index is 0.0612. The number of hydrogen-bond acceptors (Lipinski definition) is 7. The molecule has 1 aromatic heterocycles. The van der Waals surface area contributed by atoms with Crippen molar-refractivity contribution in [3.8, 4) is 5.75 Å². The summed E-state index contributed by atoms with van der Waals surface area (Å²) in [6, 6.07) is 12.5. The first kappa shape index (κ1) is 22.7. The van der Waals surface area contributed by atoms with Crippen LogP contribution < -0.4 is 15.5 Å². The van der Waals surface area contributed by atoms with Crippen LogP contribution in [0.3, 0.4) is 0 Å². The van der Waals surface area contributed by atoms with Crippen molar-refractivity contribution in [3.05, 3.63) is 82.1 Å². The Balaban J connectivity index is 2.15. The highest BCUT2D eigenvalue weighted by atomic mass is 79.9. The van der Waals surface area contributed by atoms with Crippen molar-refractivity contribution in [1.29, 1.82) is 0 Å². The Morgan fingerprint density at radius 1 is 1.19 bits per heavy atom. The monoisotopic (exact) mass is 505 g/mol. The minimum atomic E-state index is -3.98. The van der Waals surface area contributed by atoms with Gasteiger partial charge in [0.15, 0.2) is 5.37 Å². The Kier molecular flexibility index (Phi) is 6.94. The van der Waals surface area contributed by atoms with Gasteiger partial charge < -0.3 is 10.1 Å². The lowest BCUT2D eigenvalue weighted by Crippen LogP contribution is -2.25. The number of benzene rings is 2. The number of nitrogens with zero attached hydrogens (tertiary/aromatic N) is 1. The van der Waals surface area contributed by atoms with Gasteiger partial charge in [0.05, 0.1) is 23.3 Å². The highest BCUT2D eigenvalue weighted by Crippen LogP contribution is 2.36. The molecule has 3 aromatic rings. The number of carbonyl (C=O) groups is 1. The zero-order valence-electron chi connectivity index (χ0n) is 16.7. The normalized spacial score (nSPS) is 12.1. The van der Waals surface area contributed by atoms with Crippen molar-refractivity contribution in [1.82, 2.24) is 10.5 Å². The number of sulfone groups is 1.